The first-order valence-electron chi connectivity index (χ1n) is 3.89. The Morgan fingerprint density at radius 3 is 2.85 bits per heavy atom. The van der Waals surface area contributed by atoms with Crippen molar-refractivity contribution in [2.45, 2.75) is 18.7 Å². The minimum absolute atomic E-state index is 0.0631. The van der Waals surface area contributed by atoms with E-state index in [-0.39, 0.29) is 5.91 Å². The summed E-state index contributed by atoms with van der Waals surface area (Å²) >= 11 is 1.29. The van der Waals surface area contributed by atoms with Crippen molar-refractivity contribution < 1.29 is 4.79 Å². The summed E-state index contributed by atoms with van der Waals surface area (Å²) in [6, 6.07) is 5.61. The van der Waals surface area contributed by atoms with Gasteiger partial charge in [-0.15, -0.1) is 0 Å². The van der Waals surface area contributed by atoms with Gasteiger partial charge in [0.05, 0.1) is 0 Å². The van der Waals surface area contributed by atoms with Gasteiger partial charge in [-0.3, -0.25) is 9.52 Å². The molecule has 0 spiro atoms. The molecule has 4 heteroatoms. The third kappa shape index (κ3) is 2.99. The molecule has 1 aromatic rings. The third-order valence-corrected chi connectivity index (χ3v) is 2.57. The van der Waals surface area contributed by atoms with E-state index < -0.39 is 0 Å². The number of nitrogens with two attached hydrogens (primary N) is 1. The van der Waals surface area contributed by atoms with Crippen molar-refractivity contribution in [1.82, 2.24) is 4.72 Å². The fourth-order valence-corrected chi connectivity index (χ4v) is 1.53. The van der Waals surface area contributed by atoms with Crippen molar-refractivity contribution >= 4 is 23.5 Å². The van der Waals surface area contributed by atoms with E-state index >= 15 is 0 Å². The highest BCUT2D eigenvalue weighted by atomic mass is 32.2. The van der Waals surface area contributed by atoms with E-state index in [1.165, 1.54) is 18.9 Å². The molecule has 0 atom stereocenters. The molecule has 0 saturated carbocycles. The van der Waals surface area contributed by atoms with Crippen LogP contribution in [0.25, 0.3) is 0 Å². The molecular weight excluding hydrogens is 184 g/mol. The van der Waals surface area contributed by atoms with Gasteiger partial charge in [0.25, 0.3) is 0 Å². The van der Waals surface area contributed by atoms with E-state index in [0.717, 1.165) is 10.5 Å². The van der Waals surface area contributed by atoms with Crippen LogP contribution in [-0.2, 0) is 4.79 Å². The van der Waals surface area contributed by atoms with Gasteiger partial charge in [-0.05, 0) is 36.6 Å². The molecule has 0 bridgehead atoms. The molecule has 0 aliphatic heterocycles. The standard InChI is InChI=1S/C9H12N2OS/c1-6-3-4-8(10)5-9(6)13-11-7(2)12/h3-5H,10H2,1-2H3,(H,11,12). The van der Waals surface area contributed by atoms with Gasteiger partial charge in [-0.25, -0.2) is 0 Å². The Morgan fingerprint density at radius 1 is 1.54 bits per heavy atom. The minimum atomic E-state index is -0.0631. The number of carbonyl (C=O) groups excluding carboxylic acids is 1. The lowest BCUT2D eigenvalue weighted by molar-refractivity contribution is -0.117. The van der Waals surface area contributed by atoms with Crippen molar-refractivity contribution in [2.24, 2.45) is 0 Å². The number of nitrogens with one attached hydrogen (secondary N) is 1. The van der Waals surface area contributed by atoms with Crippen LogP contribution in [-0.4, -0.2) is 5.91 Å². The highest BCUT2D eigenvalue weighted by molar-refractivity contribution is 7.98. The van der Waals surface area contributed by atoms with Crippen LogP contribution in [0.5, 0.6) is 0 Å². The highest BCUT2D eigenvalue weighted by Crippen LogP contribution is 2.21. The summed E-state index contributed by atoms with van der Waals surface area (Å²) in [4.78, 5) is 11.6. The lowest BCUT2D eigenvalue weighted by atomic mass is 10.2. The lowest BCUT2D eigenvalue weighted by Crippen LogP contribution is -2.10. The molecule has 0 fully saturated rings. The normalized spacial score (nSPS) is 9.69. The summed E-state index contributed by atoms with van der Waals surface area (Å²) in [6.07, 6.45) is 0. The number of hydrogen-bond donors (Lipinski definition) is 2. The zero-order valence-corrected chi connectivity index (χ0v) is 8.44. The number of anilines is 1. The molecule has 70 valence electrons. The zero-order valence-electron chi connectivity index (χ0n) is 7.63. The average Bonchev–Trinajstić information content (AvgIpc) is 2.06. The SMILES string of the molecule is CC(=O)NSc1cc(N)ccc1C. The number of carbonyl (C=O) groups is 1. The van der Waals surface area contributed by atoms with Crippen LogP contribution in [0.1, 0.15) is 12.5 Å². The van der Waals surface area contributed by atoms with Gasteiger partial charge in [-0.2, -0.15) is 0 Å². The van der Waals surface area contributed by atoms with Crippen molar-refractivity contribution in [3.05, 3.63) is 23.8 Å². The van der Waals surface area contributed by atoms with E-state index in [2.05, 4.69) is 4.72 Å². The monoisotopic (exact) mass is 196 g/mol. The second-order valence-corrected chi connectivity index (χ2v) is 3.63. The quantitative estimate of drug-likeness (QED) is 0.559. The summed E-state index contributed by atoms with van der Waals surface area (Å²) in [7, 11) is 0. The van der Waals surface area contributed by atoms with Crippen LogP contribution < -0.4 is 10.5 Å². The van der Waals surface area contributed by atoms with Gasteiger partial charge in [0.1, 0.15) is 0 Å². The molecule has 0 aliphatic rings. The molecule has 13 heavy (non-hydrogen) atoms. The Labute approximate surface area is 81.8 Å². The van der Waals surface area contributed by atoms with Gasteiger partial charge in [0, 0.05) is 17.5 Å². The highest BCUT2D eigenvalue weighted by Gasteiger charge is 2.00. The van der Waals surface area contributed by atoms with Crippen molar-refractivity contribution in [2.75, 3.05) is 5.73 Å². The van der Waals surface area contributed by atoms with Gasteiger partial charge in [-0.1, -0.05) is 6.07 Å². The maximum absolute atomic E-state index is 10.7. The molecule has 0 unspecified atom stereocenters. The van der Waals surface area contributed by atoms with Crippen LogP contribution >= 0.6 is 11.9 Å². The number of amides is 1. The Balaban J connectivity index is 2.75. The largest absolute Gasteiger partial charge is 0.399 e. The van der Waals surface area contributed by atoms with Crippen LogP contribution in [0.15, 0.2) is 23.1 Å². The molecule has 0 heterocycles. The molecule has 1 amide bonds. The van der Waals surface area contributed by atoms with E-state index in [1.807, 2.05) is 25.1 Å². The number of rotatable bonds is 2. The van der Waals surface area contributed by atoms with Crippen molar-refractivity contribution in [1.29, 1.82) is 0 Å². The fraction of sp³-hybridized carbons (Fsp3) is 0.222. The molecule has 1 rings (SSSR count). The van der Waals surface area contributed by atoms with E-state index in [1.54, 1.807) is 0 Å². The average molecular weight is 196 g/mol. The molecule has 3 nitrogen and oxygen atoms in total. The summed E-state index contributed by atoms with van der Waals surface area (Å²) < 4.78 is 2.65. The fourth-order valence-electron chi connectivity index (χ4n) is 0.853. The zero-order chi connectivity index (χ0) is 9.84. The molecule has 0 saturated heterocycles. The van der Waals surface area contributed by atoms with Crippen LogP contribution in [0.2, 0.25) is 0 Å². The number of aryl methyl sites for hydroxylation is 1. The first kappa shape index (κ1) is 9.92. The molecular formula is C9H12N2OS. The van der Waals surface area contributed by atoms with Gasteiger partial charge < -0.3 is 5.73 Å². The lowest BCUT2D eigenvalue weighted by Gasteiger charge is -2.05. The first-order valence-corrected chi connectivity index (χ1v) is 4.71. The minimum Gasteiger partial charge on any atom is -0.399 e. The van der Waals surface area contributed by atoms with Crippen molar-refractivity contribution in [3.63, 3.8) is 0 Å². The second kappa shape index (κ2) is 4.18. The molecule has 0 aromatic heterocycles. The van der Waals surface area contributed by atoms with E-state index in [9.17, 15) is 4.79 Å². The van der Waals surface area contributed by atoms with Crippen molar-refractivity contribution in [3.8, 4) is 0 Å². The second-order valence-electron chi connectivity index (χ2n) is 2.79. The molecule has 0 aliphatic carbocycles. The van der Waals surface area contributed by atoms with Gasteiger partial charge >= 0.3 is 0 Å². The Kier molecular flexibility index (Phi) is 3.19. The maximum atomic E-state index is 10.7. The van der Waals surface area contributed by atoms with E-state index in [0.29, 0.717) is 5.69 Å². The molecule has 0 radical (unpaired) electrons. The van der Waals surface area contributed by atoms with Gasteiger partial charge in [0.15, 0.2) is 0 Å². The predicted molar refractivity (Wildman–Crippen MR) is 55.3 cm³/mol. The Bertz CT molecular complexity index is 325. The number of benzene rings is 1. The summed E-state index contributed by atoms with van der Waals surface area (Å²) in [5.74, 6) is -0.0631. The number of hydrogen-bond acceptors (Lipinski definition) is 3. The third-order valence-electron chi connectivity index (χ3n) is 1.52. The smallest absolute Gasteiger partial charge is 0.226 e. The van der Waals surface area contributed by atoms with Crippen LogP contribution in [0, 0.1) is 6.92 Å². The molecule has 3 N–H and O–H groups in total. The van der Waals surface area contributed by atoms with Crippen LogP contribution in [0.3, 0.4) is 0 Å². The summed E-state index contributed by atoms with van der Waals surface area (Å²) in [6.45, 7) is 3.46. The van der Waals surface area contributed by atoms with Gasteiger partial charge in [0.2, 0.25) is 5.91 Å². The van der Waals surface area contributed by atoms with E-state index in [4.69, 9.17) is 5.73 Å². The predicted octanol–water partition coefficient (Wildman–Crippen LogP) is 1.72. The van der Waals surface area contributed by atoms with Crippen LogP contribution in [0.4, 0.5) is 5.69 Å². The molecule has 1 aromatic carbocycles. The number of nitrogen functional groups attached to an aromatic ring is 1. The summed E-state index contributed by atoms with van der Waals surface area (Å²) in [5.41, 5.74) is 7.42. The first-order chi connectivity index (χ1) is 6.09. The maximum Gasteiger partial charge on any atom is 0.226 e. The Hall–Kier alpha value is -1.16. The summed E-state index contributed by atoms with van der Waals surface area (Å²) in [5, 5.41) is 0. The Morgan fingerprint density at radius 2 is 2.23 bits per heavy atom. The topological polar surface area (TPSA) is 55.1 Å².